The lowest BCUT2D eigenvalue weighted by Gasteiger charge is -2.39. The Morgan fingerprint density at radius 1 is 1.11 bits per heavy atom. The normalized spacial score (nSPS) is 23.3. The van der Waals surface area contributed by atoms with Crippen molar-refractivity contribution in [3.63, 3.8) is 0 Å². The van der Waals surface area contributed by atoms with Gasteiger partial charge in [-0.2, -0.15) is 0 Å². The van der Waals surface area contributed by atoms with E-state index < -0.39 is 5.97 Å². The fourth-order valence-corrected chi connectivity index (χ4v) is 5.18. The van der Waals surface area contributed by atoms with Gasteiger partial charge in [0.05, 0.1) is 12.3 Å². The molecule has 3 unspecified atom stereocenters. The molecule has 194 valence electrons. The molecule has 5 rings (SSSR count). The highest BCUT2D eigenvalue weighted by Gasteiger charge is 2.35. The first kappa shape index (κ1) is 24.8. The number of nitrogens with zero attached hydrogens (tertiary/aromatic N) is 1. The van der Waals surface area contributed by atoms with Gasteiger partial charge in [0, 0.05) is 30.5 Å². The standard InChI is InChI=1S/C28H35NO7/c1-5-32-27(31)20-14-29-21(13-22(20)30)19-12-24-23(10-17(19)11-25(29)28(2,3)4)34-15-18(16-35-24)36-26-8-6-7-9-33-26/h10,12-14,18,25-26H,5-9,11,15-16H2,1-4H3. The van der Waals surface area contributed by atoms with Crippen molar-refractivity contribution in [2.75, 3.05) is 26.4 Å². The maximum absolute atomic E-state index is 13.0. The highest BCUT2D eigenvalue weighted by atomic mass is 16.7. The molecule has 0 amide bonds. The highest BCUT2D eigenvalue weighted by Crippen LogP contribution is 2.46. The molecule has 1 saturated heterocycles. The first-order valence-electron chi connectivity index (χ1n) is 12.9. The predicted molar refractivity (Wildman–Crippen MR) is 134 cm³/mol. The van der Waals surface area contributed by atoms with Crippen LogP contribution in [0.25, 0.3) is 11.3 Å². The number of hydrogen-bond donors (Lipinski definition) is 0. The van der Waals surface area contributed by atoms with E-state index in [9.17, 15) is 9.59 Å². The number of rotatable bonds is 4. The molecule has 0 aliphatic carbocycles. The van der Waals surface area contributed by atoms with Gasteiger partial charge in [-0.1, -0.05) is 20.8 Å². The van der Waals surface area contributed by atoms with Crippen LogP contribution in [0.2, 0.25) is 0 Å². The molecular formula is C28H35NO7. The summed E-state index contributed by atoms with van der Waals surface area (Å²) in [4.78, 5) is 25.4. The van der Waals surface area contributed by atoms with Crippen LogP contribution < -0.4 is 14.9 Å². The molecular weight excluding hydrogens is 462 g/mol. The summed E-state index contributed by atoms with van der Waals surface area (Å²) >= 11 is 0. The average molecular weight is 498 g/mol. The van der Waals surface area contributed by atoms with Crippen LogP contribution >= 0.6 is 0 Å². The first-order valence-corrected chi connectivity index (χ1v) is 12.9. The fraction of sp³-hybridized carbons (Fsp3) is 0.571. The Morgan fingerprint density at radius 3 is 2.53 bits per heavy atom. The average Bonchev–Trinajstić information content (AvgIpc) is 3.04. The quantitative estimate of drug-likeness (QED) is 0.574. The summed E-state index contributed by atoms with van der Waals surface area (Å²) < 4.78 is 31.3. The van der Waals surface area contributed by atoms with E-state index in [4.69, 9.17) is 23.7 Å². The van der Waals surface area contributed by atoms with Crippen molar-refractivity contribution in [2.24, 2.45) is 5.41 Å². The zero-order chi connectivity index (χ0) is 25.4. The minimum Gasteiger partial charge on any atom is -0.487 e. The monoisotopic (exact) mass is 497 g/mol. The molecule has 1 aromatic carbocycles. The number of benzene rings is 1. The molecule has 2 aromatic rings. The van der Waals surface area contributed by atoms with Gasteiger partial charge in [-0.05, 0) is 55.7 Å². The fourth-order valence-electron chi connectivity index (χ4n) is 5.18. The second kappa shape index (κ2) is 9.90. The molecule has 3 aliphatic heterocycles. The Balaban J connectivity index is 1.49. The number of ether oxygens (including phenoxy) is 5. The van der Waals surface area contributed by atoms with Crippen LogP contribution in [0.1, 0.15) is 68.9 Å². The van der Waals surface area contributed by atoms with Crippen LogP contribution in [-0.2, 0) is 20.6 Å². The molecule has 1 fully saturated rings. The van der Waals surface area contributed by atoms with E-state index in [1.165, 1.54) is 0 Å². The van der Waals surface area contributed by atoms with Crippen LogP contribution in [0.15, 0.2) is 29.2 Å². The number of aromatic nitrogens is 1. The van der Waals surface area contributed by atoms with Crippen LogP contribution in [0.3, 0.4) is 0 Å². The van der Waals surface area contributed by atoms with Gasteiger partial charge in [-0.15, -0.1) is 0 Å². The zero-order valence-corrected chi connectivity index (χ0v) is 21.5. The Hall–Kier alpha value is -2.84. The van der Waals surface area contributed by atoms with Crippen molar-refractivity contribution in [3.8, 4) is 22.8 Å². The second-order valence-electron chi connectivity index (χ2n) is 10.8. The molecule has 8 heteroatoms. The number of fused-ring (bicyclic) bond motifs is 4. The third-order valence-electron chi connectivity index (χ3n) is 7.10. The maximum atomic E-state index is 13.0. The van der Waals surface area contributed by atoms with Gasteiger partial charge in [-0.3, -0.25) is 4.79 Å². The van der Waals surface area contributed by atoms with E-state index in [-0.39, 0.29) is 41.4 Å². The van der Waals surface area contributed by atoms with E-state index in [0.717, 1.165) is 49.1 Å². The van der Waals surface area contributed by atoms with Gasteiger partial charge < -0.3 is 28.3 Å². The van der Waals surface area contributed by atoms with E-state index in [2.05, 4.69) is 20.8 Å². The molecule has 0 bridgehead atoms. The summed E-state index contributed by atoms with van der Waals surface area (Å²) in [5.74, 6) is 0.700. The minimum atomic E-state index is -0.595. The van der Waals surface area contributed by atoms with Crippen LogP contribution in [0, 0.1) is 5.41 Å². The minimum absolute atomic E-state index is 0.0260. The SMILES string of the molecule is CCOC(=O)c1cn2c(cc1=O)-c1cc3c(cc1CC2C(C)(C)C)OCC(OC1CCCCO1)CO3. The van der Waals surface area contributed by atoms with Crippen molar-refractivity contribution >= 4 is 5.97 Å². The van der Waals surface area contributed by atoms with Gasteiger partial charge >= 0.3 is 5.97 Å². The smallest absolute Gasteiger partial charge is 0.343 e. The third kappa shape index (κ3) is 4.89. The molecule has 0 spiro atoms. The molecule has 8 nitrogen and oxygen atoms in total. The molecule has 1 aromatic heterocycles. The molecule has 0 saturated carbocycles. The summed E-state index contributed by atoms with van der Waals surface area (Å²) in [6, 6.07) is 5.53. The predicted octanol–water partition coefficient (Wildman–Crippen LogP) is 4.52. The maximum Gasteiger partial charge on any atom is 0.343 e. The van der Waals surface area contributed by atoms with Gasteiger partial charge in [0.1, 0.15) is 24.9 Å². The summed E-state index contributed by atoms with van der Waals surface area (Å²) in [5.41, 5.74) is 2.31. The molecule has 4 heterocycles. The van der Waals surface area contributed by atoms with Crippen LogP contribution in [0.4, 0.5) is 0 Å². The van der Waals surface area contributed by atoms with E-state index in [1.54, 1.807) is 19.2 Å². The summed E-state index contributed by atoms with van der Waals surface area (Å²) in [7, 11) is 0. The lowest BCUT2D eigenvalue weighted by Crippen LogP contribution is -2.34. The Labute approximate surface area is 211 Å². The molecule has 0 N–H and O–H groups in total. The first-order chi connectivity index (χ1) is 17.2. The van der Waals surface area contributed by atoms with E-state index in [1.807, 2.05) is 16.7 Å². The molecule has 3 aliphatic rings. The van der Waals surface area contributed by atoms with Crippen LogP contribution in [0.5, 0.6) is 11.5 Å². The molecule has 36 heavy (non-hydrogen) atoms. The number of esters is 1. The van der Waals surface area contributed by atoms with Crippen molar-refractivity contribution in [2.45, 2.75) is 71.8 Å². The van der Waals surface area contributed by atoms with E-state index in [0.29, 0.717) is 24.7 Å². The van der Waals surface area contributed by atoms with Gasteiger partial charge in [0.15, 0.2) is 23.2 Å². The Kier molecular flexibility index (Phi) is 6.83. The number of pyridine rings is 1. The molecule has 3 atom stereocenters. The Morgan fingerprint density at radius 2 is 1.86 bits per heavy atom. The topological polar surface area (TPSA) is 85.2 Å². The lowest BCUT2D eigenvalue weighted by molar-refractivity contribution is -0.196. The van der Waals surface area contributed by atoms with Crippen molar-refractivity contribution < 1.29 is 28.5 Å². The number of carbonyl (C=O) groups is 1. The largest absolute Gasteiger partial charge is 0.487 e. The summed E-state index contributed by atoms with van der Waals surface area (Å²) in [6.45, 7) is 9.88. The number of carbonyl (C=O) groups excluding carboxylic acids is 1. The second-order valence-corrected chi connectivity index (χ2v) is 10.8. The van der Waals surface area contributed by atoms with Crippen molar-refractivity contribution in [1.29, 1.82) is 0 Å². The van der Waals surface area contributed by atoms with Gasteiger partial charge in [-0.25, -0.2) is 4.79 Å². The Bertz CT molecular complexity index is 1190. The van der Waals surface area contributed by atoms with Crippen molar-refractivity contribution in [1.82, 2.24) is 4.57 Å². The van der Waals surface area contributed by atoms with Gasteiger partial charge in [0.25, 0.3) is 0 Å². The number of hydrogen-bond acceptors (Lipinski definition) is 7. The van der Waals surface area contributed by atoms with Crippen LogP contribution in [-0.4, -0.2) is 49.4 Å². The summed E-state index contributed by atoms with van der Waals surface area (Å²) in [6.07, 6.45) is 4.97. The summed E-state index contributed by atoms with van der Waals surface area (Å²) in [5, 5.41) is 0. The van der Waals surface area contributed by atoms with E-state index >= 15 is 0 Å². The van der Waals surface area contributed by atoms with Crippen molar-refractivity contribution in [3.05, 3.63) is 45.7 Å². The highest BCUT2D eigenvalue weighted by molar-refractivity contribution is 5.89. The van der Waals surface area contributed by atoms with Gasteiger partial charge in [0.2, 0.25) is 0 Å². The molecule has 0 radical (unpaired) electrons. The third-order valence-corrected chi connectivity index (χ3v) is 7.10. The lowest BCUT2D eigenvalue weighted by atomic mass is 9.78. The zero-order valence-electron chi connectivity index (χ0n) is 21.5.